The van der Waals surface area contributed by atoms with Crippen LogP contribution in [0.5, 0.6) is 0 Å². The van der Waals surface area contributed by atoms with Crippen LogP contribution < -0.4 is 21.7 Å². The van der Waals surface area contributed by atoms with Crippen LogP contribution in [0.1, 0.15) is 30.6 Å². The molecule has 1 aromatic heterocycles. The van der Waals surface area contributed by atoms with E-state index in [0.29, 0.717) is 48.8 Å². The Morgan fingerprint density at radius 1 is 1.24 bits per heavy atom. The first-order valence-corrected chi connectivity index (χ1v) is 12.2. The molecule has 0 bridgehead atoms. The molecular weight excluding hydrogens is 526 g/mol. The molecule has 2 fully saturated rings. The van der Waals surface area contributed by atoms with Gasteiger partial charge >= 0.3 is 0 Å². The molecule has 3 heterocycles. The number of nitrogens with two attached hydrogens (primary N) is 1. The molecule has 2 aliphatic heterocycles. The van der Waals surface area contributed by atoms with Gasteiger partial charge in [-0.2, -0.15) is 0 Å². The number of nitrogens with zero attached hydrogens (tertiary/aromatic N) is 3. The van der Waals surface area contributed by atoms with Gasteiger partial charge in [0.2, 0.25) is 5.91 Å². The van der Waals surface area contributed by atoms with Gasteiger partial charge in [0, 0.05) is 36.2 Å². The second-order valence-corrected chi connectivity index (χ2v) is 9.94. The highest BCUT2D eigenvalue weighted by molar-refractivity contribution is 9.10. The van der Waals surface area contributed by atoms with Gasteiger partial charge in [-0.1, -0.05) is 27.5 Å². The van der Waals surface area contributed by atoms with Gasteiger partial charge in [-0.25, -0.2) is 9.97 Å². The first kappa shape index (κ1) is 24.6. The van der Waals surface area contributed by atoms with Gasteiger partial charge in [0.05, 0.1) is 35.2 Å². The van der Waals surface area contributed by atoms with Gasteiger partial charge in [-0.05, 0) is 32.4 Å². The Kier molecular flexibility index (Phi) is 7.56. The van der Waals surface area contributed by atoms with E-state index in [9.17, 15) is 9.59 Å². The van der Waals surface area contributed by atoms with Gasteiger partial charge in [0.15, 0.2) is 0 Å². The van der Waals surface area contributed by atoms with E-state index in [1.54, 1.807) is 17.0 Å². The molecule has 182 valence electrons. The van der Waals surface area contributed by atoms with Crippen LogP contribution in [-0.2, 0) is 9.53 Å². The van der Waals surface area contributed by atoms with Crippen LogP contribution >= 0.6 is 27.5 Å². The molecule has 4 rings (SSSR count). The van der Waals surface area contributed by atoms with Crippen molar-refractivity contribution >= 4 is 56.5 Å². The monoisotopic (exact) mass is 551 g/mol. The predicted molar refractivity (Wildman–Crippen MR) is 134 cm³/mol. The SMILES string of the molecule is C[C@@H]1CN(C(=O)c2cc(Br)cc(N)c2N[C@H]2CN[C@H](C(=O)Nc3cc(Cl)ncn3)C2)C[C@H](C)O1. The average Bonchev–Trinajstić information content (AvgIpc) is 3.23. The minimum absolute atomic E-state index is 0.0447. The number of hydrogen-bond acceptors (Lipinski definition) is 8. The quantitative estimate of drug-likeness (QED) is 0.328. The molecule has 0 aliphatic carbocycles. The van der Waals surface area contributed by atoms with Gasteiger partial charge in [0.1, 0.15) is 17.3 Å². The lowest BCUT2D eigenvalue weighted by atomic mass is 10.1. The van der Waals surface area contributed by atoms with Crippen molar-refractivity contribution in [1.82, 2.24) is 20.2 Å². The van der Waals surface area contributed by atoms with Crippen LogP contribution in [-0.4, -0.2) is 70.6 Å². The van der Waals surface area contributed by atoms with E-state index in [0.717, 1.165) is 4.47 Å². The standard InChI is InChI=1S/C22H27BrClN7O3/c1-11-8-31(9-12(2)34-11)22(33)15-3-13(23)4-16(25)20(15)29-14-5-17(26-7-14)21(32)30-19-6-18(24)27-10-28-19/h3-4,6,10-12,14,17,26,29H,5,7-9,25H2,1-2H3,(H,27,28,30,32)/t11-,12+,14-,17+/m1/s1. The summed E-state index contributed by atoms with van der Waals surface area (Å²) in [7, 11) is 0. The van der Waals surface area contributed by atoms with Gasteiger partial charge in [-0.3, -0.25) is 9.59 Å². The summed E-state index contributed by atoms with van der Waals surface area (Å²) in [6.07, 6.45) is 1.70. The lowest BCUT2D eigenvalue weighted by molar-refractivity contribution is -0.117. The zero-order valence-electron chi connectivity index (χ0n) is 18.8. The molecule has 10 nitrogen and oxygen atoms in total. The Morgan fingerprint density at radius 2 is 1.97 bits per heavy atom. The van der Waals surface area contributed by atoms with E-state index in [2.05, 4.69) is 41.8 Å². The Bertz CT molecular complexity index is 1080. The zero-order valence-corrected chi connectivity index (χ0v) is 21.2. The highest BCUT2D eigenvalue weighted by Crippen LogP contribution is 2.32. The van der Waals surface area contributed by atoms with Gasteiger partial charge < -0.3 is 31.3 Å². The second-order valence-electron chi connectivity index (χ2n) is 8.64. The molecule has 0 unspecified atom stereocenters. The number of nitrogen functional groups attached to an aromatic ring is 1. The minimum atomic E-state index is -0.442. The van der Waals surface area contributed by atoms with E-state index in [1.165, 1.54) is 12.4 Å². The Labute approximate surface area is 211 Å². The van der Waals surface area contributed by atoms with E-state index in [4.69, 9.17) is 22.1 Å². The normalized spacial score (nSPS) is 24.6. The number of morpholine rings is 1. The average molecular weight is 553 g/mol. The van der Waals surface area contributed by atoms with Gasteiger partial charge in [0.25, 0.3) is 5.91 Å². The topological polar surface area (TPSA) is 134 Å². The first-order valence-electron chi connectivity index (χ1n) is 11.0. The maximum Gasteiger partial charge on any atom is 0.256 e. The summed E-state index contributed by atoms with van der Waals surface area (Å²) in [5.41, 5.74) is 7.82. The minimum Gasteiger partial charge on any atom is -0.397 e. The van der Waals surface area contributed by atoms with Crippen molar-refractivity contribution in [2.45, 2.75) is 44.6 Å². The van der Waals surface area contributed by atoms with Crippen LogP contribution in [0.3, 0.4) is 0 Å². The van der Waals surface area contributed by atoms with Crippen LogP contribution in [0, 0.1) is 0 Å². The van der Waals surface area contributed by atoms with Crippen molar-refractivity contribution in [3.8, 4) is 0 Å². The third-order valence-corrected chi connectivity index (χ3v) is 6.42. The number of nitrogens with one attached hydrogen (secondary N) is 3. The third kappa shape index (κ3) is 5.77. The molecule has 0 saturated carbocycles. The molecule has 12 heteroatoms. The third-order valence-electron chi connectivity index (χ3n) is 5.75. The summed E-state index contributed by atoms with van der Waals surface area (Å²) in [6.45, 7) is 5.45. The van der Waals surface area contributed by atoms with E-state index in [1.807, 2.05) is 13.8 Å². The number of anilines is 3. The smallest absolute Gasteiger partial charge is 0.256 e. The fraction of sp³-hybridized carbons (Fsp3) is 0.455. The van der Waals surface area contributed by atoms with Crippen LogP contribution in [0.25, 0.3) is 0 Å². The summed E-state index contributed by atoms with van der Waals surface area (Å²) in [4.78, 5) is 35.7. The number of carbonyl (C=O) groups excluding carboxylic acids is 2. The van der Waals surface area contributed by atoms with Crippen LogP contribution in [0.2, 0.25) is 5.15 Å². The Morgan fingerprint density at radius 3 is 2.68 bits per heavy atom. The summed E-state index contributed by atoms with van der Waals surface area (Å²) in [5, 5.41) is 9.58. The number of halogens is 2. The lowest BCUT2D eigenvalue weighted by Gasteiger charge is -2.36. The van der Waals surface area contributed by atoms with Crippen molar-refractivity contribution in [1.29, 1.82) is 0 Å². The van der Waals surface area contributed by atoms with Crippen molar-refractivity contribution in [3.63, 3.8) is 0 Å². The molecule has 2 aromatic rings. The Hall–Kier alpha value is -2.47. The van der Waals surface area contributed by atoms with E-state index >= 15 is 0 Å². The molecule has 1 aromatic carbocycles. The zero-order chi connectivity index (χ0) is 24.4. The fourth-order valence-electron chi connectivity index (χ4n) is 4.34. The number of aromatic nitrogens is 2. The molecule has 0 radical (unpaired) electrons. The number of benzene rings is 1. The summed E-state index contributed by atoms with van der Waals surface area (Å²) in [5.74, 6) is -0.00367. The second kappa shape index (κ2) is 10.4. The van der Waals surface area contributed by atoms with Crippen molar-refractivity contribution < 1.29 is 14.3 Å². The van der Waals surface area contributed by atoms with Crippen molar-refractivity contribution in [2.75, 3.05) is 36.0 Å². The van der Waals surface area contributed by atoms with E-state index < -0.39 is 6.04 Å². The highest BCUT2D eigenvalue weighted by atomic mass is 79.9. The first-order chi connectivity index (χ1) is 16.2. The fourth-order valence-corrected chi connectivity index (χ4v) is 4.96. The largest absolute Gasteiger partial charge is 0.397 e. The lowest BCUT2D eigenvalue weighted by Crippen LogP contribution is -2.48. The van der Waals surface area contributed by atoms with Crippen LogP contribution in [0.4, 0.5) is 17.2 Å². The maximum atomic E-state index is 13.4. The predicted octanol–water partition coefficient (Wildman–Crippen LogP) is 2.51. The number of ether oxygens (including phenoxy) is 1. The molecule has 5 N–H and O–H groups in total. The highest BCUT2D eigenvalue weighted by Gasteiger charge is 2.32. The molecule has 4 atom stereocenters. The molecular formula is C22H27BrClN7O3. The van der Waals surface area contributed by atoms with Crippen LogP contribution in [0.15, 0.2) is 29.0 Å². The molecule has 34 heavy (non-hydrogen) atoms. The van der Waals surface area contributed by atoms with Gasteiger partial charge in [-0.15, -0.1) is 0 Å². The molecule has 2 aliphatic rings. The molecule has 0 spiro atoms. The number of amides is 2. The van der Waals surface area contributed by atoms with E-state index in [-0.39, 0.29) is 35.2 Å². The number of hydrogen-bond donors (Lipinski definition) is 4. The molecule has 2 amide bonds. The number of rotatable bonds is 5. The summed E-state index contributed by atoms with van der Waals surface area (Å²) >= 11 is 9.31. The summed E-state index contributed by atoms with van der Waals surface area (Å²) in [6, 6.07) is 4.47. The molecule has 2 saturated heterocycles. The maximum absolute atomic E-state index is 13.4. The summed E-state index contributed by atoms with van der Waals surface area (Å²) < 4.78 is 6.49. The Balaban J connectivity index is 1.46. The van der Waals surface area contributed by atoms with Crippen molar-refractivity contribution in [3.05, 3.63) is 39.7 Å². The van der Waals surface area contributed by atoms with Crippen molar-refractivity contribution in [2.24, 2.45) is 0 Å². The number of carbonyl (C=O) groups is 2.